The molecule has 1 amide bonds. The Kier molecular flexibility index (Phi) is 5.41. The number of carboxylic acids is 1. The maximum Gasteiger partial charge on any atom is 0.357 e. The predicted molar refractivity (Wildman–Crippen MR) is 85.8 cm³/mol. The van der Waals surface area contributed by atoms with Crippen molar-refractivity contribution in [3.63, 3.8) is 0 Å². The summed E-state index contributed by atoms with van der Waals surface area (Å²) in [6, 6.07) is 5.50. The lowest BCUT2D eigenvalue weighted by molar-refractivity contribution is 0.0684. The molecular formula is C16H19N3O5. The molecule has 0 saturated carbocycles. The zero-order valence-electron chi connectivity index (χ0n) is 13.7. The molecule has 0 aliphatic heterocycles. The first-order valence-corrected chi connectivity index (χ1v) is 7.22. The molecule has 0 radical (unpaired) electrons. The number of methoxy groups -OCH3 is 2. The monoisotopic (exact) mass is 333 g/mol. The number of hydrogen-bond acceptors (Lipinski definition) is 5. The van der Waals surface area contributed by atoms with Crippen LogP contribution in [0.5, 0.6) is 11.5 Å². The largest absolute Gasteiger partial charge is 0.493 e. The Labute approximate surface area is 139 Å². The van der Waals surface area contributed by atoms with E-state index in [1.807, 2.05) is 12.1 Å². The number of carboxylic acid groups (broad SMARTS) is 1. The third-order valence-corrected chi connectivity index (χ3v) is 3.42. The molecule has 0 bridgehead atoms. The van der Waals surface area contributed by atoms with Crippen LogP contribution in [-0.4, -0.2) is 47.5 Å². The van der Waals surface area contributed by atoms with E-state index in [9.17, 15) is 9.59 Å². The van der Waals surface area contributed by atoms with E-state index in [2.05, 4.69) is 10.4 Å². The fourth-order valence-corrected chi connectivity index (χ4v) is 2.26. The molecule has 0 spiro atoms. The van der Waals surface area contributed by atoms with Gasteiger partial charge in [-0.1, -0.05) is 6.07 Å². The van der Waals surface area contributed by atoms with Crippen molar-refractivity contribution < 1.29 is 24.2 Å². The first-order chi connectivity index (χ1) is 11.5. The average molecular weight is 333 g/mol. The summed E-state index contributed by atoms with van der Waals surface area (Å²) in [5.41, 5.74) is 0.732. The Morgan fingerprint density at radius 2 is 1.96 bits per heavy atom. The van der Waals surface area contributed by atoms with Crippen molar-refractivity contribution in [3.8, 4) is 11.5 Å². The number of carbonyl (C=O) groups excluding carboxylic acids is 1. The van der Waals surface area contributed by atoms with Crippen LogP contribution in [0, 0.1) is 0 Å². The molecular weight excluding hydrogens is 314 g/mol. The fourth-order valence-electron chi connectivity index (χ4n) is 2.26. The molecule has 128 valence electrons. The van der Waals surface area contributed by atoms with E-state index >= 15 is 0 Å². The number of nitrogens with one attached hydrogen (secondary N) is 1. The number of carbonyl (C=O) groups is 2. The molecule has 2 N–H and O–H groups in total. The normalized spacial score (nSPS) is 10.3. The summed E-state index contributed by atoms with van der Waals surface area (Å²) >= 11 is 0. The lowest BCUT2D eigenvalue weighted by Crippen LogP contribution is -2.26. The summed E-state index contributed by atoms with van der Waals surface area (Å²) < 4.78 is 11.7. The van der Waals surface area contributed by atoms with Crippen LogP contribution >= 0.6 is 0 Å². The van der Waals surface area contributed by atoms with E-state index in [1.54, 1.807) is 27.3 Å². The van der Waals surface area contributed by atoms with Gasteiger partial charge in [0.1, 0.15) is 0 Å². The van der Waals surface area contributed by atoms with Gasteiger partial charge in [0.05, 0.1) is 19.8 Å². The summed E-state index contributed by atoms with van der Waals surface area (Å²) in [5.74, 6) is -0.463. The Balaban J connectivity index is 1.99. The maximum absolute atomic E-state index is 12.1. The molecule has 0 saturated heterocycles. The number of aromatic nitrogens is 2. The highest BCUT2D eigenvalue weighted by molar-refractivity contribution is 6.03. The van der Waals surface area contributed by atoms with E-state index in [0.717, 1.165) is 5.56 Å². The van der Waals surface area contributed by atoms with Crippen molar-refractivity contribution in [1.82, 2.24) is 15.1 Å². The van der Waals surface area contributed by atoms with Crippen molar-refractivity contribution in [2.45, 2.75) is 6.42 Å². The molecule has 0 unspecified atom stereocenters. The number of amides is 1. The molecule has 1 heterocycles. The van der Waals surface area contributed by atoms with E-state index in [0.29, 0.717) is 24.5 Å². The molecule has 8 nitrogen and oxygen atoms in total. The van der Waals surface area contributed by atoms with Gasteiger partial charge in [0.15, 0.2) is 17.2 Å². The number of aryl methyl sites for hydroxylation is 1. The summed E-state index contributed by atoms with van der Waals surface area (Å²) in [5, 5.41) is 15.5. The highest BCUT2D eigenvalue weighted by Crippen LogP contribution is 2.27. The maximum atomic E-state index is 12.1. The number of benzene rings is 1. The first kappa shape index (κ1) is 17.3. The minimum atomic E-state index is -1.24. The fraction of sp³-hybridized carbons (Fsp3) is 0.312. The molecule has 8 heteroatoms. The molecule has 2 aromatic rings. The third-order valence-electron chi connectivity index (χ3n) is 3.42. The zero-order valence-corrected chi connectivity index (χ0v) is 13.7. The standard InChI is InChI=1S/C16H19N3O5/c1-19-9-11(14(18-19)16(21)22)15(20)17-7-6-10-4-5-12(23-2)13(8-10)24-3/h4-5,8-9H,6-7H2,1-3H3,(H,17,20)(H,21,22). The molecule has 24 heavy (non-hydrogen) atoms. The van der Waals surface area contributed by atoms with Crippen molar-refractivity contribution in [2.75, 3.05) is 20.8 Å². The molecule has 1 aromatic heterocycles. The highest BCUT2D eigenvalue weighted by Gasteiger charge is 2.20. The predicted octanol–water partition coefficient (Wildman–Crippen LogP) is 1.11. The van der Waals surface area contributed by atoms with Crippen molar-refractivity contribution in [1.29, 1.82) is 0 Å². The second kappa shape index (κ2) is 7.49. The van der Waals surface area contributed by atoms with Crippen LogP contribution in [0.3, 0.4) is 0 Å². The van der Waals surface area contributed by atoms with E-state index in [1.165, 1.54) is 10.9 Å². The van der Waals surface area contributed by atoms with Gasteiger partial charge in [-0.3, -0.25) is 9.48 Å². The van der Waals surface area contributed by atoms with Gasteiger partial charge >= 0.3 is 5.97 Å². The second-order valence-corrected chi connectivity index (χ2v) is 5.07. The first-order valence-electron chi connectivity index (χ1n) is 7.22. The summed E-state index contributed by atoms with van der Waals surface area (Å²) in [6.45, 7) is 0.349. The third kappa shape index (κ3) is 3.83. The van der Waals surface area contributed by atoms with Crippen molar-refractivity contribution in [3.05, 3.63) is 41.2 Å². The van der Waals surface area contributed by atoms with Gasteiger partial charge in [-0.15, -0.1) is 0 Å². The average Bonchev–Trinajstić information content (AvgIpc) is 2.97. The van der Waals surface area contributed by atoms with Crippen LogP contribution in [-0.2, 0) is 13.5 Å². The zero-order chi connectivity index (χ0) is 17.7. The van der Waals surface area contributed by atoms with Crippen molar-refractivity contribution >= 4 is 11.9 Å². The van der Waals surface area contributed by atoms with Gasteiger partial charge in [0.25, 0.3) is 5.91 Å². The van der Waals surface area contributed by atoms with Crippen LogP contribution in [0.4, 0.5) is 0 Å². The number of rotatable bonds is 7. The Morgan fingerprint density at radius 1 is 1.25 bits per heavy atom. The smallest absolute Gasteiger partial charge is 0.357 e. The van der Waals surface area contributed by atoms with Crippen LogP contribution in [0.25, 0.3) is 0 Å². The number of nitrogens with zero attached hydrogens (tertiary/aromatic N) is 2. The topological polar surface area (TPSA) is 103 Å². The number of ether oxygens (including phenoxy) is 2. The molecule has 2 rings (SSSR count). The van der Waals surface area contributed by atoms with E-state index in [-0.39, 0.29) is 11.3 Å². The molecule has 0 atom stereocenters. The van der Waals surface area contributed by atoms with Gasteiger partial charge in [-0.25, -0.2) is 4.79 Å². The summed E-state index contributed by atoms with van der Waals surface area (Å²) in [7, 11) is 4.68. The van der Waals surface area contributed by atoms with Gasteiger partial charge in [-0.2, -0.15) is 5.10 Å². The second-order valence-electron chi connectivity index (χ2n) is 5.07. The minimum Gasteiger partial charge on any atom is -0.493 e. The van der Waals surface area contributed by atoms with E-state index < -0.39 is 11.9 Å². The lowest BCUT2D eigenvalue weighted by Gasteiger charge is -2.10. The molecule has 0 aliphatic carbocycles. The SMILES string of the molecule is COc1ccc(CCNC(=O)c2cn(C)nc2C(=O)O)cc1OC. The van der Waals surface area contributed by atoms with Crippen molar-refractivity contribution in [2.24, 2.45) is 7.05 Å². The van der Waals surface area contributed by atoms with Crippen LogP contribution < -0.4 is 14.8 Å². The Hall–Kier alpha value is -3.03. The minimum absolute atomic E-state index is 0.0392. The van der Waals surface area contributed by atoms with Gasteiger partial charge in [0, 0.05) is 19.8 Å². The number of hydrogen-bond donors (Lipinski definition) is 2. The quantitative estimate of drug-likeness (QED) is 0.787. The van der Waals surface area contributed by atoms with Crippen LogP contribution in [0.2, 0.25) is 0 Å². The Morgan fingerprint density at radius 3 is 2.58 bits per heavy atom. The molecule has 0 aliphatic rings. The summed E-state index contributed by atoms with van der Waals surface area (Å²) in [4.78, 5) is 23.2. The van der Waals surface area contributed by atoms with Gasteiger partial charge < -0.3 is 19.9 Å². The van der Waals surface area contributed by atoms with Gasteiger partial charge in [0.2, 0.25) is 0 Å². The van der Waals surface area contributed by atoms with E-state index in [4.69, 9.17) is 14.6 Å². The Bertz CT molecular complexity index is 754. The highest BCUT2D eigenvalue weighted by atomic mass is 16.5. The molecule has 0 fully saturated rings. The number of aromatic carboxylic acids is 1. The molecule has 1 aromatic carbocycles. The summed E-state index contributed by atoms with van der Waals surface area (Å²) in [6.07, 6.45) is 1.95. The van der Waals surface area contributed by atoms with Crippen LogP contribution in [0.15, 0.2) is 24.4 Å². The lowest BCUT2D eigenvalue weighted by atomic mass is 10.1. The van der Waals surface area contributed by atoms with Crippen LogP contribution in [0.1, 0.15) is 26.4 Å². The van der Waals surface area contributed by atoms with Gasteiger partial charge in [-0.05, 0) is 24.1 Å².